The molecule has 0 atom stereocenters. The number of benzene rings is 1. The van der Waals surface area contributed by atoms with Gasteiger partial charge in [-0.2, -0.15) is 14.0 Å². The van der Waals surface area contributed by atoms with Crippen LogP contribution in [0.25, 0.3) is 6.08 Å². The van der Waals surface area contributed by atoms with E-state index >= 15 is 0 Å². The number of methoxy groups -OCH3 is 1. The molecule has 0 saturated carbocycles. The van der Waals surface area contributed by atoms with Crippen molar-refractivity contribution in [1.82, 2.24) is 5.32 Å². The van der Waals surface area contributed by atoms with E-state index in [1.807, 2.05) is 6.92 Å². The minimum atomic E-state index is -3.05. The van der Waals surface area contributed by atoms with E-state index in [1.165, 1.54) is 25.3 Å². The highest BCUT2D eigenvalue weighted by atomic mass is 19.3. The number of halogens is 2. The summed E-state index contributed by atoms with van der Waals surface area (Å²) in [6, 6.07) is 6.21. The van der Waals surface area contributed by atoms with E-state index in [1.54, 1.807) is 12.1 Å². The molecule has 0 radical (unpaired) electrons. The van der Waals surface area contributed by atoms with Crippen molar-refractivity contribution < 1.29 is 23.0 Å². The Bertz CT molecular complexity index is 610. The molecule has 0 aliphatic heterocycles. The lowest BCUT2D eigenvalue weighted by Crippen LogP contribution is -2.25. The molecule has 0 spiro atoms. The third-order valence-corrected chi connectivity index (χ3v) is 2.92. The van der Waals surface area contributed by atoms with Crippen LogP contribution < -0.4 is 14.8 Å². The highest BCUT2D eigenvalue weighted by Gasteiger charge is 2.16. The summed E-state index contributed by atoms with van der Waals surface area (Å²) in [6.45, 7) is -0.646. The van der Waals surface area contributed by atoms with Gasteiger partial charge in [0.25, 0.3) is 5.91 Å². The molecule has 124 valence electrons. The molecule has 1 aromatic rings. The van der Waals surface area contributed by atoms with Gasteiger partial charge < -0.3 is 14.8 Å². The molecule has 5 nitrogen and oxygen atoms in total. The molecule has 7 heteroatoms. The standard InChI is InChI=1S/C16H18F2N2O3/c1-3-4-8-20-15(21)12(10-19)9-11-6-5-7-13(22-2)14(11)23-16(17)18/h5-7,9,16H,3-4,8H2,1-2H3,(H,20,21)/b12-9+. The summed E-state index contributed by atoms with van der Waals surface area (Å²) in [5.74, 6) is -0.700. The minimum Gasteiger partial charge on any atom is -0.493 e. The van der Waals surface area contributed by atoms with E-state index in [2.05, 4.69) is 10.1 Å². The molecule has 1 N–H and O–H groups in total. The average molecular weight is 324 g/mol. The van der Waals surface area contributed by atoms with Crippen LogP contribution in [-0.4, -0.2) is 26.2 Å². The summed E-state index contributed by atoms with van der Waals surface area (Å²) in [4.78, 5) is 11.9. The first kappa shape index (κ1) is 18.4. The van der Waals surface area contributed by atoms with Gasteiger partial charge in [0, 0.05) is 12.1 Å². The third-order valence-electron chi connectivity index (χ3n) is 2.92. The van der Waals surface area contributed by atoms with Crippen LogP contribution in [-0.2, 0) is 4.79 Å². The van der Waals surface area contributed by atoms with Crippen molar-refractivity contribution in [2.45, 2.75) is 26.4 Å². The molecule has 23 heavy (non-hydrogen) atoms. The number of alkyl halides is 2. The zero-order chi connectivity index (χ0) is 17.2. The van der Waals surface area contributed by atoms with Crippen molar-refractivity contribution in [2.75, 3.05) is 13.7 Å². The van der Waals surface area contributed by atoms with Crippen molar-refractivity contribution in [3.8, 4) is 17.6 Å². The van der Waals surface area contributed by atoms with Crippen molar-refractivity contribution in [3.63, 3.8) is 0 Å². The first-order valence-electron chi connectivity index (χ1n) is 7.05. The Morgan fingerprint density at radius 1 is 1.48 bits per heavy atom. The minimum absolute atomic E-state index is 0.0859. The van der Waals surface area contributed by atoms with Crippen LogP contribution in [0.4, 0.5) is 8.78 Å². The summed E-state index contributed by atoms with van der Waals surface area (Å²) in [5, 5.41) is 11.7. The van der Waals surface area contributed by atoms with Crippen LogP contribution in [0.5, 0.6) is 11.5 Å². The van der Waals surface area contributed by atoms with Gasteiger partial charge in [-0.15, -0.1) is 0 Å². The molecule has 0 bridgehead atoms. The maximum Gasteiger partial charge on any atom is 0.387 e. The van der Waals surface area contributed by atoms with E-state index in [9.17, 15) is 13.6 Å². The van der Waals surface area contributed by atoms with Gasteiger partial charge in [-0.25, -0.2) is 0 Å². The number of ether oxygens (including phenoxy) is 2. The van der Waals surface area contributed by atoms with Crippen LogP contribution in [0.2, 0.25) is 0 Å². The molecular formula is C16H18F2N2O3. The van der Waals surface area contributed by atoms with Gasteiger partial charge in [-0.1, -0.05) is 25.5 Å². The summed E-state index contributed by atoms with van der Waals surface area (Å²) in [7, 11) is 1.31. The number of nitriles is 1. The largest absolute Gasteiger partial charge is 0.493 e. The second-order valence-corrected chi connectivity index (χ2v) is 4.54. The molecule has 1 rings (SSSR count). The average Bonchev–Trinajstić information content (AvgIpc) is 2.53. The van der Waals surface area contributed by atoms with Crippen LogP contribution in [0, 0.1) is 11.3 Å². The van der Waals surface area contributed by atoms with Crippen LogP contribution >= 0.6 is 0 Å². The zero-order valence-corrected chi connectivity index (χ0v) is 12.9. The van der Waals surface area contributed by atoms with Crippen molar-refractivity contribution >= 4 is 12.0 Å². The number of carbonyl (C=O) groups excluding carboxylic acids is 1. The van der Waals surface area contributed by atoms with Crippen LogP contribution in [0.15, 0.2) is 23.8 Å². The fourth-order valence-electron chi connectivity index (χ4n) is 1.80. The van der Waals surface area contributed by atoms with E-state index in [4.69, 9.17) is 10.00 Å². The van der Waals surface area contributed by atoms with Gasteiger partial charge >= 0.3 is 6.61 Å². The molecule has 0 heterocycles. The monoisotopic (exact) mass is 324 g/mol. The molecule has 0 aliphatic carbocycles. The smallest absolute Gasteiger partial charge is 0.387 e. The Kier molecular flexibility index (Phi) is 7.54. The van der Waals surface area contributed by atoms with Gasteiger partial charge in [0.2, 0.25) is 0 Å². The third kappa shape index (κ3) is 5.58. The Hall–Kier alpha value is -2.62. The van der Waals surface area contributed by atoms with Crippen molar-refractivity contribution in [3.05, 3.63) is 29.3 Å². The second-order valence-electron chi connectivity index (χ2n) is 4.54. The quantitative estimate of drug-likeness (QED) is 0.453. The summed E-state index contributed by atoms with van der Waals surface area (Å²) < 4.78 is 34.5. The number of para-hydroxylation sites is 1. The molecule has 0 fully saturated rings. The highest BCUT2D eigenvalue weighted by Crippen LogP contribution is 2.33. The normalized spacial score (nSPS) is 11.0. The lowest BCUT2D eigenvalue weighted by Gasteiger charge is -2.12. The van der Waals surface area contributed by atoms with E-state index in [0.29, 0.717) is 6.54 Å². The number of rotatable bonds is 8. The number of nitrogens with one attached hydrogen (secondary N) is 1. The number of unbranched alkanes of at least 4 members (excludes halogenated alkanes) is 1. The highest BCUT2D eigenvalue weighted by molar-refractivity contribution is 6.02. The molecule has 0 aliphatic rings. The maximum atomic E-state index is 12.6. The molecule has 1 aromatic carbocycles. The van der Waals surface area contributed by atoms with Gasteiger partial charge in [-0.3, -0.25) is 4.79 Å². The fourth-order valence-corrected chi connectivity index (χ4v) is 1.80. The first-order chi connectivity index (χ1) is 11.0. The number of carbonyl (C=O) groups is 1. The Labute approximate surface area is 133 Å². The van der Waals surface area contributed by atoms with Gasteiger partial charge in [0.1, 0.15) is 11.6 Å². The maximum absolute atomic E-state index is 12.6. The van der Waals surface area contributed by atoms with Crippen LogP contribution in [0.1, 0.15) is 25.3 Å². The van der Waals surface area contributed by atoms with Crippen LogP contribution in [0.3, 0.4) is 0 Å². The number of amides is 1. The topological polar surface area (TPSA) is 71.4 Å². The van der Waals surface area contributed by atoms with E-state index in [-0.39, 0.29) is 22.6 Å². The van der Waals surface area contributed by atoms with Gasteiger partial charge in [-0.05, 0) is 18.6 Å². The lowest BCUT2D eigenvalue weighted by molar-refractivity contribution is -0.117. The lowest BCUT2D eigenvalue weighted by atomic mass is 10.1. The van der Waals surface area contributed by atoms with E-state index in [0.717, 1.165) is 12.8 Å². The summed E-state index contributed by atoms with van der Waals surface area (Å²) >= 11 is 0. The molecule has 0 aromatic heterocycles. The van der Waals surface area contributed by atoms with Crippen molar-refractivity contribution in [2.24, 2.45) is 0 Å². The Morgan fingerprint density at radius 3 is 2.78 bits per heavy atom. The molecule has 1 amide bonds. The molecule has 0 unspecified atom stereocenters. The molecule has 0 saturated heterocycles. The first-order valence-corrected chi connectivity index (χ1v) is 7.05. The van der Waals surface area contributed by atoms with Gasteiger partial charge in [0.15, 0.2) is 11.5 Å². The Morgan fingerprint density at radius 2 is 2.22 bits per heavy atom. The molecular weight excluding hydrogens is 306 g/mol. The zero-order valence-electron chi connectivity index (χ0n) is 12.9. The number of nitrogens with zero attached hydrogens (tertiary/aromatic N) is 1. The Balaban J connectivity index is 3.12. The fraction of sp³-hybridized carbons (Fsp3) is 0.375. The summed E-state index contributed by atoms with van der Waals surface area (Å²) in [6.07, 6.45) is 2.87. The predicted molar refractivity (Wildman–Crippen MR) is 81.1 cm³/mol. The summed E-state index contributed by atoms with van der Waals surface area (Å²) in [5.41, 5.74) is -0.0414. The number of hydrogen-bond donors (Lipinski definition) is 1. The van der Waals surface area contributed by atoms with E-state index < -0.39 is 12.5 Å². The predicted octanol–water partition coefficient (Wildman–Crippen LogP) is 3.12. The number of hydrogen-bond acceptors (Lipinski definition) is 4. The van der Waals surface area contributed by atoms with Gasteiger partial charge in [0.05, 0.1) is 7.11 Å². The SMILES string of the molecule is CCCCNC(=O)/C(C#N)=C/c1cccc(OC)c1OC(F)F. The second kappa shape index (κ2) is 9.41. The van der Waals surface area contributed by atoms with Crippen molar-refractivity contribution in [1.29, 1.82) is 5.26 Å².